The first-order chi connectivity index (χ1) is 11.7. The van der Waals surface area contributed by atoms with Crippen LogP contribution >= 0.6 is 24.0 Å². The molecular formula is C19H28IN5. The second-order valence-corrected chi connectivity index (χ2v) is 6.59. The number of aromatic nitrogens is 2. The molecule has 0 bridgehead atoms. The minimum Gasteiger partial charge on any atom is -0.352 e. The first-order valence-electron chi connectivity index (χ1n) is 8.75. The van der Waals surface area contributed by atoms with Crippen LogP contribution in [0.25, 0.3) is 0 Å². The number of hydrogen-bond donors (Lipinski definition) is 1. The fraction of sp³-hybridized carbons (Fsp3) is 0.474. The van der Waals surface area contributed by atoms with E-state index in [1.165, 1.54) is 24.0 Å². The van der Waals surface area contributed by atoms with Crippen molar-refractivity contribution < 1.29 is 0 Å². The van der Waals surface area contributed by atoms with Crippen molar-refractivity contribution in [3.63, 3.8) is 0 Å². The molecule has 2 heterocycles. The number of rotatable bonds is 4. The van der Waals surface area contributed by atoms with Crippen molar-refractivity contribution >= 4 is 29.9 Å². The highest BCUT2D eigenvalue weighted by atomic mass is 127. The molecule has 2 aromatic rings. The molecule has 0 atom stereocenters. The van der Waals surface area contributed by atoms with E-state index in [9.17, 15) is 0 Å². The summed E-state index contributed by atoms with van der Waals surface area (Å²) in [5, 5.41) is 7.78. The monoisotopic (exact) mass is 453 g/mol. The Kier molecular flexibility index (Phi) is 7.74. The van der Waals surface area contributed by atoms with E-state index in [-0.39, 0.29) is 24.0 Å². The van der Waals surface area contributed by atoms with Gasteiger partial charge in [-0.2, -0.15) is 5.10 Å². The van der Waals surface area contributed by atoms with E-state index in [4.69, 9.17) is 0 Å². The smallest absolute Gasteiger partial charge is 0.193 e. The highest BCUT2D eigenvalue weighted by Gasteiger charge is 2.18. The summed E-state index contributed by atoms with van der Waals surface area (Å²) >= 11 is 0. The summed E-state index contributed by atoms with van der Waals surface area (Å²) in [7, 11) is 1.87. The van der Waals surface area contributed by atoms with Crippen molar-refractivity contribution in [1.29, 1.82) is 0 Å². The van der Waals surface area contributed by atoms with Crippen LogP contribution < -0.4 is 5.32 Å². The molecule has 1 aromatic carbocycles. The summed E-state index contributed by atoms with van der Waals surface area (Å²) in [6, 6.07) is 10.6. The number of hydrogen-bond acceptors (Lipinski definition) is 2. The van der Waals surface area contributed by atoms with E-state index in [2.05, 4.69) is 51.5 Å². The van der Waals surface area contributed by atoms with Crippen LogP contribution in [0.15, 0.2) is 47.7 Å². The molecule has 1 aromatic heterocycles. The van der Waals surface area contributed by atoms with Crippen LogP contribution in [0.3, 0.4) is 0 Å². The maximum atomic E-state index is 4.45. The fourth-order valence-electron chi connectivity index (χ4n) is 3.15. The zero-order valence-electron chi connectivity index (χ0n) is 15.1. The Labute approximate surface area is 167 Å². The molecule has 6 heteroatoms. The maximum absolute atomic E-state index is 4.45. The quantitative estimate of drug-likeness (QED) is 0.439. The number of likely N-dealkylation sites (tertiary alicyclic amines) is 1. The highest BCUT2D eigenvalue weighted by Crippen LogP contribution is 2.16. The van der Waals surface area contributed by atoms with Gasteiger partial charge in [0.05, 0.1) is 6.54 Å². The lowest BCUT2D eigenvalue weighted by molar-refractivity contribution is 0.273. The lowest BCUT2D eigenvalue weighted by Gasteiger charge is -2.33. The number of benzene rings is 1. The molecule has 3 rings (SSSR count). The molecule has 0 unspecified atom stereocenters. The Balaban J connectivity index is 0.00000225. The van der Waals surface area contributed by atoms with Gasteiger partial charge >= 0.3 is 0 Å². The van der Waals surface area contributed by atoms with Gasteiger partial charge in [-0.1, -0.05) is 31.2 Å². The van der Waals surface area contributed by atoms with E-state index in [0.29, 0.717) is 0 Å². The van der Waals surface area contributed by atoms with Gasteiger partial charge in [-0.25, -0.2) is 0 Å². The van der Waals surface area contributed by atoms with Crippen molar-refractivity contribution in [3.05, 3.63) is 53.9 Å². The standard InChI is InChI=1S/C19H27N5.HI/c1-16-7-11-23(12-8-16)19(20-2)21-14-17-5-3-6-18(13-17)15-24-10-4-9-22-24;/h3-6,9-10,13,16H,7-8,11-12,14-15H2,1-2H3,(H,20,21);1H. The molecule has 1 aliphatic rings. The predicted molar refractivity (Wildman–Crippen MR) is 113 cm³/mol. The van der Waals surface area contributed by atoms with Gasteiger partial charge in [0, 0.05) is 39.1 Å². The van der Waals surface area contributed by atoms with E-state index in [1.807, 2.05) is 30.2 Å². The normalized spacial score (nSPS) is 15.8. The Morgan fingerprint density at radius 1 is 1.24 bits per heavy atom. The number of aliphatic imine (C=N–C) groups is 1. The Hall–Kier alpha value is -1.57. The zero-order chi connectivity index (χ0) is 16.8. The summed E-state index contributed by atoms with van der Waals surface area (Å²) in [6.45, 7) is 6.13. The minimum atomic E-state index is 0. The number of halogens is 1. The number of guanidine groups is 1. The van der Waals surface area contributed by atoms with Gasteiger partial charge in [0.25, 0.3) is 0 Å². The predicted octanol–water partition coefficient (Wildman–Crippen LogP) is 3.36. The van der Waals surface area contributed by atoms with E-state index < -0.39 is 0 Å². The van der Waals surface area contributed by atoms with Crippen LogP contribution in [0.2, 0.25) is 0 Å². The second kappa shape index (κ2) is 9.79. The summed E-state index contributed by atoms with van der Waals surface area (Å²) < 4.78 is 1.94. The van der Waals surface area contributed by atoms with Gasteiger partial charge in [-0.3, -0.25) is 9.67 Å². The summed E-state index contributed by atoms with van der Waals surface area (Å²) in [6.07, 6.45) is 6.30. The summed E-state index contributed by atoms with van der Waals surface area (Å²) in [4.78, 5) is 6.82. The largest absolute Gasteiger partial charge is 0.352 e. The van der Waals surface area contributed by atoms with E-state index in [1.54, 1.807) is 0 Å². The highest BCUT2D eigenvalue weighted by molar-refractivity contribution is 14.0. The molecule has 1 saturated heterocycles. The third-order valence-corrected chi connectivity index (χ3v) is 4.64. The van der Waals surface area contributed by atoms with Crippen LogP contribution in [-0.4, -0.2) is 40.8 Å². The second-order valence-electron chi connectivity index (χ2n) is 6.59. The summed E-state index contributed by atoms with van der Waals surface area (Å²) in [5.74, 6) is 1.85. The fourth-order valence-corrected chi connectivity index (χ4v) is 3.15. The first-order valence-corrected chi connectivity index (χ1v) is 8.75. The zero-order valence-corrected chi connectivity index (χ0v) is 17.4. The van der Waals surface area contributed by atoms with Gasteiger partial charge < -0.3 is 10.2 Å². The molecule has 0 spiro atoms. The molecule has 1 aliphatic heterocycles. The van der Waals surface area contributed by atoms with Crippen LogP contribution in [0, 0.1) is 5.92 Å². The molecule has 25 heavy (non-hydrogen) atoms. The van der Waals surface area contributed by atoms with Gasteiger partial charge in [-0.05, 0) is 36.0 Å². The minimum absolute atomic E-state index is 0. The van der Waals surface area contributed by atoms with Crippen LogP contribution in [0.4, 0.5) is 0 Å². The third-order valence-electron chi connectivity index (χ3n) is 4.64. The van der Waals surface area contributed by atoms with Crippen LogP contribution in [0.5, 0.6) is 0 Å². The molecule has 5 nitrogen and oxygen atoms in total. The SMILES string of the molecule is CN=C(NCc1cccc(Cn2cccn2)c1)N1CCC(C)CC1.I. The molecule has 0 amide bonds. The first kappa shape index (κ1) is 19.8. The maximum Gasteiger partial charge on any atom is 0.193 e. The average Bonchev–Trinajstić information content (AvgIpc) is 3.10. The topological polar surface area (TPSA) is 45.5 Å². The molecule has 136 valence electrons. The molecule has 0 aliphatic carbocycles. The molecule has 0 saturated carbocycles. The summed E-state index contributed by atoms with van der Waals surface area (Å²) in [5.41, 5.74) is 2.53. The van der Waals surface area contributed by atoms with Crippen molar-refractivity contribution in [2.45, 2.75) is 32.9 Å². The van der Waals surface area contributed by atoms with Crippen LogP contribution in [0.1, 0.15) is 30.9 Å². The number of nitrogens with zero attached hydrogens (tertiary/aromatic N) is 4. The van der Waals surface area contributed by atoms with Gasteiger partial charge in [0.1, 0.15) is 0 Å². The molecule has 1 N–H and O–H groups in total. The van der Waals surface area contributed by atoms with Gasteiger partial charge in [0.2, 0.25) is 0 Å². The van der Waals surface area contributed by atoms with E-state index in [0.717, 1.165) is 38.1 Å². The van der Waals surface area contributed by atoms with E-state index >= 15 is 0 Å². The number of nitrogens with one attached hydrogen (secondary N) is 1. The average molecular weight is 453 g/mol. The van der Waals surface area contributed by atoms with Crippen molar-refractivity contribution in [2.75, 3.05) is 20.1 Å². The Morgan fingerprint density at radius 3 is 2.68 bits per heavy atom. The lowest BCUT2D eigenvalue weighted by Crippen LogP contribution is -2.45. The van der Waals surface area contributed by atoms with Crippen molar-refractivity contribution in [2.24, 2.45) is 10.9 Å². The lowest BCUT2D eigenvalue weighted by atomic mass is 9.99. The molecular weight excluding hydrogens is 425 g/mol. The Morgan fingerprint density at radius 2 is 2.00 bits per heavy atom. The molecule has 0 radical (unpaired) electrons. The van der Waals surface area contributed by atoms with Gasteiger partial charge in [-0.15, -0.1) is 24.0 Å². The Bertz CT molecular complexity index is 660. The van der Waals surface area contributed by atoms with Gasteiger partial charge in [0.15, 0.2) is 5.96 Å². The van der Waals surface area contributed by atoms with Crippen molar-refractivity contribution in [1.82, 2.24) is 20.0 Å². The molecule has 1 fully saturated rings. The number of piperidine rings is 1. The third kappa shape index (κ3) is 5.73. The van der Waals surface area contributed by atoms with Crippen molar-refractivity contribution in [3.8, 4) is 0 Å². The van der Waals surface area contributed by atoms with Crippen LogP contribution in [-0.2, 0) is 13.1 Å².